The third kappa shape index (κ3) is 8.45. The van der Waals surface area contributed by atoms with Crippen LogP contribution in [0.3, 0.4) is 0 Å². The van der Waals surface area contributed by atoms with Crippen molar-refractivity contribution in [1.82, 2.24) is 10.3 Å². The van der Waals surface area contributed by atoms with Gasteiger partial charge in [-0.1, -0.05) is 69.4 Å². The van der Waals surface area contributed by atoms with Crippen molar-refractivity contribution in [2.75, 3.05) is 5.32 Å². The van der Waals surface area contributed by atoms with E-state index >= 15 is 0 Å². The molecule has 146 valence electrons. The third-order valence-electron chi connectivity index (χ3n) is 4.89. The number of carbonyl (C=O) groups is 1. The zero-order valence-corrected chi connectivity index (χ0v) is 16.6. The minimum absolute atomic E-state index is 0.0443. The van der Waals surface area contributed by atoms with Gasteiger partial charge in [0.05, 0.1) is 0 Å². The average molecular weight is 389 g/mol. The third-order valence-corrected chi connectivity index (χ3v) is 5.13. The topological polar surface area (TPSA) is 77.8 Å². The van der Waals surface area contributed by atoms with Gasteiger partial charge in [0.15, 0.2) is 0 Å². The van der Waals surface area contributed by atoms with E-state index in [4.69, 9.17) is 11.6 Å². The van der Waals surface area contributed by atoms with E-state index in [2.05, 4.69) is 15.6 Å². The zero-order chi connectivity index (χ0) is 19.3. The fourth-order valence-electron chi connectivity index (χ4n) is 3.35. The highest BCUT2D eigenvalue weighted by Gasteiger charge is 2.16. The van der Waals surface area contributed by atoms with Crippen LogP contribution in [0.2, 0.25) is 5.02 Å². The van der Waals surface area contributed by atoms with Crippen LogP contribution in [0.1, 0.15) is 70.6 Å². The molecule has 1 aliphatic rings. The Balaban J connectivity index is 1.91. The molecule has 0 radical (unpaired) electrons. The normalized spacial score (nSPS) is 17.9. The molecule has 0 aliphatic heterocycles. The number of pyridine rings is 1. The summed E-state index contributed by atoms with van der Waals surface area (Å²) in [4.78, 5) is 16.6. The first-order valence-electron chi connectivity index (χ1n) is 9.98. The molecule has 0 atom stereocenters. The van der Waals surface area contributed by atoms with E-state index in [9.17, 15) is 10.1 Å². The summed E-state index contributed by atoms with van der Waals surface area (Å²) in [6.45, 7) is 0. The van der Waals surface area contributed by atoms with Crippen LogP contribution in [0, 0.1) is 11.3 Å². The molecule has 2 N–H and O–H groups in total. The summed E-state index contributed by atoms with van der Waals surface area (Å²) in [5, 5.41) is 15.8. The predicted octanol–water partition coefficient (Wildman–Crippen LogP) is 5.34. The molecule has 1 aromatic rings. The fourth-order valence-corrected chi connectivity index (χ4v) is 3.51. The number of carbonyl (C=O) groups excluding carboxylic acids is 1. The van der Waals surface area contributed by atoms with Crippen LogP contribution in [-0.2, 0) is 4.79 Å². The second-order valence-corrected chi connectivity index (χ2v) is 7.54. The number of anilines is 1. The van der Waals surface area contributed by atoms with Crippen LogP contribution in [0.4, 0.5) is 5.82 Å². The highest BCUT2D eigenvalue weighted by atomic mass is 35.5. The molecule has 6 heteroatoms. The lowest BCUT2D eigenvalue weighted by Crippen LogP contribution is -2.35. The Hall–Kier alpha value is -2.06. The van der Waals surface area contributed by atoms with Crippen molar-refractivity contribution in [2.45, 2.75) is 76.7 Å². The number of halogens is 1. The fraction of sp³-hybridized carbons (Fsp3) is 0.571. The van der Waals surface area contributed by atoms with Crippen molar-refractivity contribution in [3.63, 3.8) is 0 Å². The zero-order valence-electron chi connectivity index (χ0n) is 15.8. The number of hydrogen-bond donors (Lipinski definition) is 2. The lowest BCUT2D eigenvalue weighted by molar-refractivity contribution is -0.117. The van der Waals surface area contributed by atoms with E-state index < -0.39 is 0 Å². The van der Waals surface area contributed by atoms with Crippen LogP contribution >= 0.6 is 11.6 Å². The van der Waals surface area contributed by atoms with Gasteiger partial charge in [0.2, 0.25) is 0 Å². The number of nitrogens with one attached hydrogen (secondary N) is 2. The molecule has 1 aromatic heterocycles. The number of rotatable bonds is 4. The van der Waals surface area contributed by atoms with Crippen LogP contribution in [0.25, 0.3) is 0 Å². The minimum Gasteiger partial charge on any atom is -0.349 e. The largest absolute Gasteiger partial charge is 0.349 e. The second-order valence-electron chi connectivity index (χ2n) is 7.10. The van der Waals surface area contributed by atoms with Gasteiger partial charge in [-0.25, -0.2) is 4.98 Å². The van der Waals surface area contributed by atoms with Crippen molar-refractivity contribution >= 4 is 23.3 Å². The number of amides is 1. The summed E-state index contributed by atoms with van der Waals surface area (Å²) in [5.74, 6) is 0.165. The van der Waals surface area contributed by atoms with Gasteiger partial charge < -0.3 is 10.6 Å². The summed E-state index contributed by atoms with van der Waals surface area (Å²) >= 11 is 5.92. The number of nitrogens with zero attached hydrogens (tertiary/aromatic N) is 2. The number of hydrogen-bond acceptors (Lipinski definition) is 4. The molecule has 1 amide bonds. The first kappa shape index (κ1) is 21.2. The molecule has 1 heterocycles. The highest BCUT2D eigenvalue weighted by molar-refractivity contribution is 6.30. The van der Waals surface area contributed by atoms with E-state index in [1.165, 1.54) is 51.1 Å². The molecule has 27 heavy (non-hydrogen) atoms. The lowest BCUT2D eigenvalue weighted by Gasteiger charge is -2.19. The van der Waals surface area contributed by atoms with Gasteiger partial charge in [0.25, 0.3) is 5.91 Å². The quantitative estimate of drug-likeness (QED) is 0.538. The van der Waals surface area contributed by atoms with Gasteiger partial charge in [-0.05, 0) is 25.0 Å². The Morgan fingerprint density at radius 1 is 1.11 bits per heavy atom. The van der Waals surface area contributed by atoms with E-state index in [1.807, 2.05) is 6.07 Å². The maximum Gasteiger partial charge on any atom is 0.263 e. The number of aromatic nitrogens is 1. The molecule has 5 nitrogen and oxygen atoms in total. The number of nitriles is 1. The average Bonchev–Trinajstić information content (AvgIpc) is 2.64. The van der Waals surface area contributed by atoms with Crippen molar-refractivity contribution in [3.05, 3.63) is 35.1 Å². The maximum atomic E-state index is 12.5. The summed E-state index contributed by atoms with van der Waals surface area (Å²) in [6.07, 6.45) is 16.2. The molecule has 1 fully saturated rings. The molecule has 1 saturated carbocycles. The van der Waals surface area contributed by atoms with Gasteiger partial charge in [-0.2, -0.15) is 5.26 Å². The summed E-state index contributed by atoms with van der Waals surface area (Å²) < 4.78 is 0. The Morgan fingerprint density at radius 3 is 2.26 bits per heavy atom. The maximum absolute atomic E-state index is 12.5. The van der Waals surface area contributed by atoms with Crippen molar-refractivity contribution in [1.29, 1.82) is 5.26 Å². The standard InChI is InChI=1S/C21H29ClN4O/c22-18-12-13-24-20(14-18)25-16-17(15-23)21(27)26-19-10-8-6-4-2-1-3-5-7-9-11-19/h12-14,16,19H,1-11H2,(H,24,25)(H,26,27)/b17-16-. The molecular formula is C21H29ClN4O. The van der Waals surface area contributed by atoms with Crippen molar-refractivity contribution in [2.24, 2.45) is 0 Å². The van der Waals surface area contributed by atoms with E-state index in [0.29, 0.717) is 10.8 Å². The van der Waals surface area contributed by atoms with Crippen molar-refractivity contribution < 1.29 is 4.79 Å². The summed E-state index contributed by atoms with van der Waals surface area (Å²) in [5.41, 5.74) is 0.0443. The monoisotopic (exact) mass is 388 g/mol. The molecule has 0 bridgehead atoms. The van der Waals surface area contributed by atoms with Gasteiger partial charge in [-0.15, -0.1) is 0 Å². The smallest absolute Gasteiger partial charge is 0.263 e. The molecule has 0 unspecified atom stereocenters. The van der Waals surface area contributed by atoms with Gasteiger partial charge >= 0.3 is 0 Å². The summed E-state index contributed by atoms with van der Waals surface area (Å²) in [6, 6.07) is 5.41. The van der Waals surface area contributed by atoms with Crippen LogP contribution in [-0.4, -0.2) is 16.9 Å². The Morgan fingerprint density at radius 2 is 1.70 bits per heavy atom. The molecule has 0 aromatic carbocycles. The molecule has 0 saturated heterocycles. The second kappa shape index (κ2) is 12.3. The van der Waals surface area contributed by atoms with Gasteiger partial charge in [0.1, 0.15) is 17.5 Å². The predicted molar refractivity (Wildman–Crippen MR) is 109 cm³/mol. The van der Waals surface area contributed by atoms with E-state index in [0.717, 1.165) is 25.7 Å². The minimum atomic E-state index is -0.330. The first-order valence-corrected chi connectivity index (χ1v) is 10.4. The first-order chi connectivity index (χ1) is 13.2. The lowest BCUT2D eigenvalue weighted by atomic mass is 9.98. The van der Waals surface area contributed by atoms with Crippen LogP contribution < -0.4 is 10.6 Å². The molecule has 0 spiro atoms. The van der Waals surface area contributed by atoms with Gasteiger partial charge in [0, 0.05) is 23.5 Å². The molecule has 2 rings (SSSR count). The van der Waals surface area contributed by atoms with Gasteiger partial charge in [-0.3, -0.25) is 4.79 Å². The van der Waals surface area contributed by atoms with E-state index in [1.54, 1.807) is 18.3 Å². The van der Waals surface area contributed by atoms with Crippen molar-refractivity contribution in [3.8, 4) is 6.07 Å². The van der Waals surface area contributed by atoms with Crippen LogP contribution in [0.15, 0.2) is 30.1 Å². The van der Waals surface area contributed by atoms with Crippen LogP contribution in [0.5, 0.6) is 0 Å². The highest BCUT2D eigenvalue weighted by Crippen LogP contribution is 2.17. The van der Waals surface area contributed by atoms with E-state index in [-0.39, 0.29) is 17.5 Å². The summed E-state index contributed by atoms with van der Waals surface area (Å²) in [7, 11) is 0. The Kier molecular flexibility index (Phi) is 9.72. The Labute approximate surface area is 167 Å². The Bertz CT molecular complexity index is 656. The SMILES string of the molecule is N#C/C(=C/Nc1cc(Cl)ccn1)C(=O)NC1CCCCCCCCCCC1. The molecular weight excluding hydrogens is 360 g/mol. The molecule has 1 aliphatic carbocycles.